The molecule has 0 saturated heterocycles. The van der Waals surface area contributed by atoms with E-state index in [0.29, 0.717) is 0 Å². The Morgan fingerprint density at radius 1 is 0.381 bits per heavy atom. The van der Waals surface area contributed by atoms with Gasteiger partial charge in [-0.25, -0.2) is 0 Å². The molecule has 0 nitrogen and oxygen atoms in total. The Hall–Kier alpha value is -4.76. The lowest BCUT2D eigenvalue weighted by Crippen LogP contribution is -1.90. The van der Waals surface area contributed by atoms with E-state index in [1.165, 1.54) is 85.2 Å². The van der Waals surface area contributed by atoms with Crippen molar-refractivity contribution < 1.29 is 0 Å². The highest BCUT2D eigenvalue weighted by Crippen LogP contribution is 2.47. The summed E-state index contributed by atoms with van der Waals surface area (Å²) in [6, 6.07) is 51.2. The smallest absolute Gasteiger partial charge is 0.0448 e. The maximum absolute atomic E-state index is 2.44. The summed E-state index contributed by atoms with van der Waals surface area (Å²) in [5.74, 6) is 0. The van der Waals surface area contributed by atoms with Crippen molar-refractivity contribution in [2.24, 2.45) is 0 Å². The van der Waals surface area contributed by atoms with Gasteiger partial charge in [-0.1, -0.05) is 121 Å². The van der Waals surface area contributed by atoms with Crippen LogP contribution in [0.15, 0.2) is 145 Å². The summed E-state index contributed by atoms with van der Waals surface area (Å²) in [6.45, 7) is 0. The molecule has 42 heavy (non-hydrogen) atoms. The molecule has 7 aromatic carbocycles. The number of hydrogen-bond donors (Lipinski definition) is 0. The molecule has 0 saturated carbocycles. The lowest BCUT2D eigenvalue weighted by atomic mass is 9.86. The molecule has 2 aromatic heterocycles. The van der Waals surface area contributed by atoms with Crippen LogP contribution in [-0.4, -0.2) is 0 Å². The Morgan fingerprint density at radius 2 is 0.929 bits per heavy atom. The molecule has 0 radical (unpaired) electrons. The Balaban J connectivity index is 1.34. The van der Waals surface area contributed by atoms with E-state index in [1.54, 1.807) is 0 Å². The fraction of sp³-hybridized carbons (Fsp3) is 0. The molecule has 0 aliphatic carbocycles. The van der Waals surface area contributed by atoms with Gasteiger partial charge in [0.05, 0.1) is 0 Å². The largest absolute Gasteiger partial charge is 0.143 e. The first-order chi connectivity index (χ1) is 20.8. The monoisotopic (exact) mass is 568 g/mol. The van der Waals surface area contributed by atoms with Gasteiger partial charge in [-0.15, -0.1) is 22.7 Å². The van der Waals surface area contributed by atoms with Gasteiger partial charge < -0.3 is 0 Å². The van der Waals surface area contributed by atoms with E-state index in [9.17, 15) is 0 Å². The summed E-state index contributed by atoms with van der Waals surface area (Å²) in [7, 11) is 0. The first kappa shape index (κ1) is 23.9. The third kappa shape index (κ3) is 3.53. The molecule has 0 aliphatic heterocycles. The highest BCUT2D eigenvalue weighted by Gasteiger charge is 2.18. The van der Waals surface area contributed by atoms with Gasteiger partial charge in [-0.05, 0) is 72.9 Å². The van der Waals surface area contributed by atoms with E-state index in [4.69, 9.17) is 0 Å². The highest BCUT2D eigenvalue weighted by molar-refractivity contribution is 7.27. The quantitative estimate of drug-likeness (QED) is 0.186. The Morgan fingerprint density at radius 3 is 1.57 bits per heavy atom. The number of benzene rings is 7. The number of fused-ring (bicyclic) bond motifs is 7. The Bertz CT molecular complexity index is 2390. The fourth-order valence-corrected chi connectivity index (χ4v) is 8.98. The van der Waals surface area contributed by atoms with Crippen LogP contribution in [0.2, 0.25) is 0 Å². The molecular weight excluding hydrogens is 545 g/mol. The molecule has 0 fully saturated rings. The van der Waals surface area contributed by atoms with Crippen LogP contribution in [-0.2, 0) is 0 Å². The van der Waals surface area contributed by atoms with Crippen molar-refractivity contribution in [3.63, 3.8) is 0 Å². The van der Waals surface area contributed by atoms with Gasteiger partial charge in [0.25, 0.3) is 0 Å². The normalized spacial score (nSPS) is 11.8. The standard InChI is InChI=1S/C40H24S2/c1-3-11-25(12-4-1)34-24-41-36-22-20-32-33-23-27(19-21-35(33)42-40(32)39(34)36)38-30-17-9-7-15-28(30)37(26-13-5-2-6-14-26)29-16-8-10-18-31(29)38/h1-24H. The summed E-state index contributed by atoms with van der Waals surface area (Å²) in [5, 5.41) is 11.5. The molecule has 2 heteroatoms. The summed E-state index contributed by atoms with van der Waals surface area (Å²) < 4.78 is 4.07. The Kier molecular flexibility index (Phi) is 5.34. The van der Waals surface area contributed by atoms with Crippen LogP contribution in [0.5, 0.6) is 0 Å². The van der Waals surface area contributed by atoms with Gasteiger partial charge >= 0.3 is 0 Å². The molecule has 0 aliphatic rings. The van der Waals surface area contributed by atoms with Crippen LogP contribution in [0.4, 0.5) is 0 Å². The van der Waals surface area contributed by atoms with E-state index >= 15 is 0 Å². The molecule has 0 bridgehead atoms. The lowest BCUT2D eigenvalue weighted by Gasteiger charge is -2.17. The van der Waals surface area contributed by atoms with Crippen molar-refractivity contribution in [2.45, 2.75) is 0 Å². The minimum atomic E-state index is 1.25. The SMILES string of the molecule is c1ccc(-c2c3ccccc3c(-c3ccc4sc5c(ccc6scc(-c7ccccc7)c65)c4c3)c3ccccc23)cc1. The number of hydrogen-bond acceptors (Lipinski definition) is 2. The third-order valence-electron chi connectivity index (χ3n) is 8.54. The lowest BCUT2D eigenvalue weighted by molar-refractivity contribution is 1.66. The number of thiophene rings is 2. The molecule has 2 heterocycles. The molecule has 0 atom stereocenters. The summed E-state index contributed by atoms with van der Waals surface area (Å²) in [5.41, 5.74) is 7.75. The van der Waals surface area contributed by atoms with Gasteiger partial charge in [0, 0.05) is 35.8 Å². The predicted octanol–water partition coefficient (Wildman–Crippen LogP) is 12.6. The fourth-order valence-electron chi connectivity index (χ4n) is 6.70. The first-order valence-corrected chi connectivity index (χ1v) is 16.0. The van der Waals surface area contributed by atoms with Gasteiger partial charge in [-0.2, -0.15) is 0 Å². The summed E-state index contributed by atoms with van der Waals surface area (Å²) in [4.78, 5) is 0. The van der Waals surface area contributed by atoms with Crippen LogP contribution < -0.4 is 0 Å². The number of rotatable bonds is 3. The average Bonchev–Trinajstić information content (AvgIpc) is 3.66. The van der Waals surface area contributed by atoms with Crippen LogP contribution in [0.1, 0.15) is 0 Å². The zero-order chi connectivity index (χ0) is 27.6. The molecule has 0 unspecified atom stereocenters. The topological polar surface area (TPSA) is 0 Å². The maximum Gasteiger partial charge on any atom is 0.0448 e. The molecule has 9 rings (SSSR count). The van der Waals surface area contributed by atoms with E-state index in [2.05, 4.69) is 145 Å². The molecule has 0 spiro atoms. The van der Waals surface area contributed by atoms with Crippen LogP contribution in [0, 0.1) is 0 Å². The molecule has 0 N–H and O–H groups in total. The molecular formula is C40H24S2. The summed E-state index contributed by atoms with van der Waals surface area (Å²) >= 11 is 3.76. The average molecular weight is 569 g/mol. The van der Waals surface area contributed by atoms with Crippen molar-refractivity contribution in [1.29, 1.82) is 0 Å². The van der Waals surface area contributed by atoms with Crippen molar-refractivity contribution in [1.82, 2.24) is 0 Å². The molecule has 0 amide bonds. The van der Waals surface area contributed by atoms with Crippen LogP contribution >= 0.6 is 22.7 Å². The molecule has 196 valence electrons. The summed E-state index contributed by atoms with van der Waals surface area (Å²) in [6.07, 6.45) is 0. The zero-order valence-electron chi connectivity index (χ0n) is 22.7. The van der Waals surface area contributed by atoms with E-state index in [0.717, 1.165) is 0 Å². The van der Waals surface area contributed by atoms with Crippen LogP contribution in [0.25, 0.3) is 85.2 Å². The zero-order valence-corrected chi connectivity index (χ0v) is 24.3. The van der Waals surface area contributed by atoms with Crippen LogP contribution in [0.3, 0.4) is 0 Å². The van der Waals surface area contributed by atoms with Crippen molar-refractivity contribution in [3.05, 3.63) is 145 Å². The second kappa shape index (κ2) is 9.39. The van der Waals surface area contributed by atoms with Gasteiger partial charge in [-0.3, -0.25) is 0 Å². The molecule has 9 aromatic rings. The van der Waals surface area contributed by atoms with Crippen molar-refractivity contribution in [2.75, 3.05) is 0 Å². The van der Waals surface area contributed by atoms with E-state index < -0.39 is 0 Å². The first-order valence-electron chi connectivity index (χ1n) is 14.3. The highest BCUT2D eigenvalue weighted by atomic mass is 32.1. The maximum atomic E-state index is 2.44. The van der Waals surface area contributed by atoms with Crippen molar-refractivity contribution in [3.8, 4) is 33.4 Å². The third-order valence-corrected chi connectivity index (χ3v) is 10.7. The van der Waals surface area contributed by atoms with E-state index in [1.807, 2.05) is 22.7 Å². The second-order valence-electron chi connectivity index (χ2n) is 10.9. The van der Waals surface area contributed by atoms with Gasteiger partial charge in [0.15, 0.2) is 0 Å². The minimum Gasteiger partial charge on any atom is -0.143 e. The van der Waals surface area contributed by atoms with Gasteiger partial charge in [0.1, 0.15) is 0 Å². The second-order valence-corrected chi connectivity index (χ2v) is 12.8. The van der Waals surface area contributed by atoms with E-state index in [-0.39, 0.29) is 0 Å². The minimum absolute atomic E-state index is 1.25. The van der Waals surface area contributed by atoms with Crippen molar-refractivity contribution >= 4 is 74.5 Å². The predicted molar refractivity (Wildman–Crippen MR) is 186 cm³/mol. The Labute approximate surface area is 251 Å². The van der Waals surface area contributed by atoms with Gasteiger partial charge in [0.2, 0.25) is 0 Å².